The third kappa shape index (κ3) is 4.78. The number of carboxylic acid groups (broad SMARTS) is 1. The Balaban J connectivity index is 4.07. The Morgan fingerprint density at radius 3 is 2.13 bits per heavy atom. The number of aliphatic carboxylic acids is 1. The predicted octanol–water partition coefficient (Wildman–Crippen LogP) is 0.260. The van der Waals surface area contributed by atoms with Crippen molar-refractivity contribution in [3.63, 3.8) is 0 Å². The van der Waals surface area contributed by atoms with Crippen molar-refractivity contribution in [3.8, 4) is 0 Å². The van der Waals surface area contributed by atoms with Gasteiger partial charge < -0.3 is 10.0 Å². The number of carbonyl (C=O) groups excluding carboxylic acids is 1. The molecule has 15 heavy (non-hydrogen) atoms. The van der Waals surface area contributed by atoms with Crippen molar-refractivity contribution in [1.82, 2.24) is 9.80 Å². The third-order valence-electron chi connectivity index (χ3n) is 2.38. The highest BCUT2D eigenvalue weighted by Gasteiger charge is 2.20. The summed E-state index contributed by atoms with van der Waals surface area (Å²) in [6.07, 6.45) is 0.898. The van der Waals surface area contributed by atoms with E-state index in [1.54, 1.807) is 26.0 Å². The van der Waals surface area contributed by atoms with Crippen LogP contribution in [0.4, 0.5) is 0 Å². The molecule has 1 N–H and O–H groups in total. The zero-order valence-corrected chi connectivity index (χ0v) is 9.86. The van der Waals surface area contributed by atoms with Gasteiger partial charge in [0.15, 0.2) is 0 Å². The van der Waals surface area contributed by atoms with E-state index >= 15 is 0 Å². The Bertz CT molecular complexity index is 229. The standard InChI is InChI=1S/C10H20N2O3/c1-5-8(10(14)15)12(4)7-6-9(13)11(2)3/h8H,5-7H2,1-4H3,(H,14,15). The lowest BCUT2D eigenvalue weighted by Crippen LogP contribution is -2.39. The fraction of sp³-hybridized carbons (Fsp3) is 0.800. The maximum absolute atomic E-state index is 11.3. The fourth-order valence-corrected chi connectivity index (χ4v) is 1.33. The van der Waals surface area contributed by atoms with Gasteiger partial charge in [0.05, 0.1) is 0 Å². The highest BCUT2D eigenvalue weighted by Crippen LogP contribution is 2.03. The minimum atomic E-state index is -0.836. The van der Waals surface area contributed by atoms with E-state index in [0.29, 0.717) is 19.4 Å². The number of carbonyl (C=O) groups is 2. The van der Waals surface area contributed by atoms with Crippen molar-refractivity contribution in [1.29, 1.82) is 0 Å². The molecule has 1 unspecified atom stereocenters. The second-order valence-corrected chi connectivity index (χ2v) is 3.78. The monoisotopic (exact) mass is 216 g/mol. The van der Waals surface area contributed by atoms with E-state index in [2.05, 4.69) is 0 Å². The van der Waals surface area contributed by atoms with E-state index in [1.807, 2.05) is 6.92 Å². The largest absolute Gasteiger partial charge is 0.480 e. The van der Waals surface area contributed by atoms with E-state index < -0.39 is 12.0 Å². The Labute approximate surface area is 90.7 Å². The molecule has 0 aromatic rings. The minimum absolute atomic E-state index is 0.0158. The summed E-state index contributed by atoms with van der Waals surface area (Å²) < 4.78 is 0. The first-order chi connectivity index (χ1) is 6.90. The average Bonchev–Trinajstić information content (AvgIpc) is 2.14. The SMILES string of the molecule is CCC(C(=O)O)N(C)CCC(=O)N(C)C. The highest BCUT2D eigenvalue weighted by atomic mass is 16.4. The van der Waals surface area contributed by atoms with Gasteiger partial charge in [0.2, 0.25) is 5.91 Å². The van der Waals surface area contributed by atoms with Crippen LogP contribution in [0.1, 0.15) is 19.8 Å². The average molecular weight is 216 g/mol. The van der Waals surface area contributed by atoms with Gasteiger partial charge in [-0.2, -0.15) is 0 Å². The Hall–Kier alpha value is -1.10. The highest BCUT2D eigenvalue weighted by molar-refractivity contribution is 5.76. The van der Waals surface area contributed by atoms with E-state index in [9.17, 15) is 9.59 Å². The quantitative estimate of drug-likeness (QED) is 0.692. The van der Waals surface area contributed by atoms with Crippen molar-refractivity contribution in [3.05, 3.63) is 0 Å². The zero-order valence-electron chi connectivity index (χ0n) is 9.86. The maximum atomic E-state index is 11.3. The third-order valence-corrected chi connectivity index (χ3v) is 2.38. The molecule has 1 atom stereocenters. The van der Waals surface area contributed by atoms with E-state index in [-0.39, 0.29) is 5.91 Å². The maximum Gasteiger partial charge on any atom is 0.320 e. The van der Waals surface area contributed by atoms with Crippen LogP contribution in [0.2, 0.25) is 0 Å². The van der Waals surface area contributed by atoms with Crippen molar-refractivity contribution in [2.45, 2.75) is 25.8 Å². The van der Waals surface area contributed by atoms with Crippen molar-refractivity contribution >= 4 is 11.9 Å². The van der Waals surface area contributed by atoms with Gasteiger partial charge in [0, 0.05) is 27.1 Å². The number of likely N-dealkylation sites (N-methyl/N-ethyl adjacent to an activating group) is 1. The molecule has 0 spiro atoms. The molecule has 1 amide bonds. The summed E-state index contributed by atoms with van der Waals surface area (Å²) in [4.78, 5) is 25.3. The molecule has 0 aromatic carbocycles. The van der Waals surface area contributed by atoms with Crippen LogP contribution in [0.25, 0.3) is 0 Å². The summed E-state index contributed by atoms with van der Waals surface area (Å²) >= 11 is 0. The first-order valence-corrected chi connectivity index (χ1v) is 5.03. The van der Waals surface area contributed by atoms with Gasteiger partial charge >= 0.3 is 5.97 Å². The number of hydrogen-bond donors (Lipinski definition) is 1. The Morgan fingerprint density at radius 2 is 1.80 bits per heavy atom. The molecule has 0 aliphatic heterocycles. The molecular weight excluding hydrogens is 196 g/mol. The molecule has 5 heteroatoms. The normalized spacial score (nSPS) is 12.6. The summed E-state index contributed by atoms with van der Waals surface area (Å²) in [5.41, 5.74) is 0. The van der Waals surface area contributed by atoms with Gasteiger partial charge in [0.25, 0.3) is 0 Å². The second-order valence-electron chi connectivity index (χ2n) is 3.78. The topological polar surface area (TPSA) is 60.9 Å². The molecule has 0 rings (SSSR count). The van der Waals surface area contributed by atoms with Crippen LogP contribution >= 0.6 is 0 Å². The molecule has 0 fully saturated rings. The lowest BCUT2D eigenvalue weighted by atomic mass is 10.2. The van der Waals surface area contributed by atoms with Gasteiger partial charge in [-0.25, -0.2) is 0 Å². The molecule has 0 heterocycles. The minimum Gasteiger partial charge on any atom is -0.480 e. The number of carboxylic acids is 1. The van der Waals surface area contributed by atoms with Gasteiger partial charge in [-0.1, -0.05) is 6.92 Å². The van der Waals surface area contributed by atoms with Crippen LogP contribution < -0.4 is 0 Å². The van der Waals surface area contributed by atoms with Crippen molar-refractivity contribution < 1.29 is 14.7 Å². The molecule has 0 saturated heterocycles. The molecule has 0 bridgehead atoms. The summed E-state index contributed by atoms with van der Waals surface area (Å²) in [5.74, 6) is -0.820. The van der Waals surface area contributed by atoms with Crippen molar-refractivity contribution in [2.75, 3.05) is 27.7 Å². The molecule has 0 aliphatic rings. The summed E-state index contributed by atoms with van der Waals surface area (Å²) in [6, 6.07) is -0.500. The summed E-state index contributed by atoms with van der Waals surface area (Å²) in [6.45, 7) is 2.30. The molecule has 0 aromatic heterocycles. The Kier molecular flexibility index (Phi) is 5.93. The Morgan fingerprint density at radius 1 is 1.27 bits per heavy atom. The van der Waals surface area contributed by atoms with Gasteiger partial charge in [-0.15, -0.1) is 0 Å². The number of hydrogen-bond acceptors (Lipinski definition) is 3. The van der Waals surface area contributed by atoms with Crippen LogP contribution in [0.15, 0.2) is 0 Å². The van der Waals surface area contributed by atoms with Crippen LogP contribution in [0.3, 0.4) is 0 Å². The van der Waals surface area contributed by atoms with Crippen LogP contribution in [-0.2, 0) is 9.59 Å². The molecule has 0 radical (unpaired) electrons. The first kappa shape index (κ1) is 13.9. The van der Waals surface area contributed by atoms with Crippen molar-refractivity contribution in [2.24, 2.45) is 0 Å². The van der Waals surface area contributed by atoms with E-state index in [0.717, 1.165) is 0 Å². The molecule has 0 aliphatic carbocycles. The molecule has 88 valence electrons. The van der Waals surface area contributed by atoms with Gasteiger partial charge in [0.1, 0.15) is 6.04 Å². The van der Waals surface area contributed by atoms with Crippen LogP contribution in [0, 0.1) is 0 Å². The summed E-state index contributed by atoms with van der Waals surface area (Å²) in [7, 11) is 5.11. The van der Waals surface area contributed by atoms with Gasteiger partial charge in [-0.05, 0) is 13.5 Å². The lowest BCUT2D eigenvalue weighted by molar-refractivity contribution is -0.143. The predicted molar refractivity (Wildman–Crippen MR) is 57.7 cm³/mol. The van der Waals surface area contributed by atoms with Crippen LogP contribution in [0.5, 0.6) is 0 Å². The fourth-order valence-electron chi connectivity index (χ4n) is 1.33. The zero-order chi connectivity index (χ0) is 12.0. The molecular formula is C10H20N2O3. The summed E-state index contributed by atoms with van der Waals surface area (Å²) in [5, 5.41) is 8.88. The van der Waals surface area contributed by atoms with E-state index in [4.69, 9.17) is 5.11 Å². The smallest absolute Gasteiger partial charge is 0.320 e. The van der Waals surface area contributed by atoms with Crippen LogP contribution in [-0.4, -0.2) is 60.5 Å². The molecule has 0 saturated carbocycles. The molecule has 5 nitrogen and oxygen atoms in total. The number of nitrogens with zero attached hydrogens (tertiary/aromatic N) is 2. The second kappa shape index (κ2) is 6.40. The van der Waals surface area contributed by atoms with Gasteiger partial charge in [-0.3, -0.25) is 14.5 Å². The van der Waals surface area contributed by atoms with E-state index in [1.165, 1.54) is 4.90 Å². The number of amides is 1. The number of rotatable bonds is 6. The first-order valence-electron chi connectivity index (χ1n) is 5.03. The lowest BCUT2D eigenvalue weighted by Gasteiger charge is -2.23.